The molecular formula is C18H25N3. The Morgan fingerprint density at radius 3 is 2.52 bits per heavy atom. The third-order valence-corrected chi connectivity index (χ3v) is 4.53. The van der Waals surface area contributed by atoms with Crippen LogP contribution in [0.15, 0.2) is 30.5 Å². The maximum absolute atomic E-state index is 4.72. The molecule has 1 aliphatic rings. The molecule has 0 bridgehead atoms. The lowest BCUT2D eigenvalue weighted by Gasteiger charge is -2.24. The molecule has 1 saturated heterocycles. The predicted octanol–water partition coefficient (Wildman–Crippen LogP) is 4.04. The fourth-order valence-corrected chi connectivity index (χ4v) is 3.52. The summed E-state index contributed by atoms with van der Waals surface area (Å²) in [5.41, 5.74) is 3.84. The summed E-state index contributed by atoms with van der Waals surface area (Å²) in [6.07, 6.45) is 5.88. The molecule has 3 heteroatoms. The number of aryl methyl sites for hydroxylation is 2. The second-order valence-corrected chi connectivity index (χ2v) is 6.10. The minimum absolute atomic E-state index is 0.568. The summed E-state index contributed by atoms with van der Waals surface area (Å²) < 4.78 is 2.21. The van der Waals surface area contributed by atoms with E-state index in [1.165, 1.54) is 49.3 Å². The highest BCUT2D eigenvalue weighted by molar-refractivity contribution is 5.33. The van der Waals surface area contributed by atoms with Crippen molar-refractivity contribution in [2.24, 2.45) is 0 Å². The van der Waals surface area contributed by atoms with Crippen molar-refractivity contribution in [1.82, 2.24) is 14.5 Å². The normalized spacial score (nSPS) is 19.3. The van der Waals surface area contributed by atoms with Gasteiger partial charge in [0.25, 0.3) is 0 Å². The molecule has 0 aliphatic carbocycles. The number of likely N-dealkylation sites (tertiary alicyclic amines) is 1. The van der Waals surface area contributed by atoms with Crippen molar-refractivity contribution in [2.45, 2.75) is 46.1 Å². The highest BCUT2D eigenvalue weighted by atomic mass is 15.2. The lowest BCUT2D eigenvalue weighted by molar-refractivity contribution is 0.257. The summed E-state index contributed by atoms with van der Waals surface area (Å²) in [5, 5.41) is 0. The molecule has 112 valence electrons. The first-order valence-electron chi connectivity index (χ1n) is 8.06. The predicted molar refractivity (Wildman–Crippen MR) is 86.9 cm³/mol. The van der Waals surface area contributed by atoms with Gasteiger partial charge in [0.05, 0.1) is 0 Å². The molecule has 0 amide bonds. The van der Waals surface area contributed by atoms with Crippen LogP contribution >= 0.6 is 0 Å². The van der Waals surface area contributed by atoms with E-state index in [0.29, 0.717) is 6.04 Å². The number of aromatic nitrogens is 2. The molecular weight excluding hydrogens is 258 g/mol. The first-order valence-corrected chi connectivity index (χ1v) is 8.06. The van der Waals surface area contributed by atoms with Gasteiger partial charge in [0.2, 0.25) is 0 Å². The van der Waals surface area contributed by atoms with E-state index in [1.807, 2.05) is 0 Å². The van der Waals surface area contributed by atoms with Crippen LogP contribution in [0.25, 0.3) is 5.82 Å². The quantitative estimate of drug-likeness (QED) is 0.844. The fraction of sp³-hybridized carbons (Fsp3) is 0.500. The van der Waals surface area contributed by atoms with E-state index in [2.05, 4.69) is 60.7 Å². The SMILES string of the molecule is CCCN1CCC[C@H]1c1ccc(-n2c(C)ccc2C)nc1. The summed E-state index contributed by atoms with van der Waals surface area (Å²) in [4.78, 5) is 7.32. The van der Waals surface area contributed by atoms with E-state index >= 15 is 0 Å². The van der Waals surface area contributed by atoms with Crippen molar-refractivity contribution >= 4 is 0 Å². The lowest BCUT2D eigenvalue weighted by Crippen LogP contribution is -2.24. The number of hydrogen-bond donors (Lipinski definition) is 0. The van der Waals surface area contributed by atoms with Crippen LogP contribution in [0.4, 0.5) is 0 Å². The molecule has 2 aromatic heterocycles. The average Bonchev–Trinajstić information content (AvgIpc) is 3.07. The number of hydrogen-bond acceptors (Lipinski definition) is 2. The van der Waals surface area contributed by atoms with Crippen LogP contribution in [-0.4, -0.2) is 27.5 Å². The molecule has 0 saturated carbocycles. The molecule has 3 heterocycles. The van der Waals surface area contributed by atoms with Gasteiger partial charge in [-0.2, -0.15) is 0 Å². The van der Waals surface area contributed by atoms with Crippen LogP contribution in [0.1, 0.15) is 49.2 Å². The largest absolute Gasteiger partial charge is 0.303 e. The van der Waals surface area contributed by atoms with Gasteiger partial charge in [-0.3, -0.25) is 4.90 Å². The summed E-state index contributed by atoms with van der Waals surface area (Å²) in [7, 11) is 0. The zero-order valence-electron chi connectivity index (χ0n) is 13.3. The van der Waals surface area contributed by atoms with Crippen LogP contribution in [0.3, 0.4) is 0 Å². The minimum Gasteiger partial charge on any atom is -0.303 e. The maximum atomic E-state index is 4.72. The third-order valence-electron chi connectivity index (χ3n) is 4.53. The average molecular weight is 283 g/mol. The smallest absolute Gasteiger partial charge is 0.136 e. The van der Waals surface area contributed by atoms with Crippen molar-refractivity contribution in [3.8, 4) is 5.82 Å². The Labute approximate surface area is 127 Å². The van der Waals surface area contributed by atoms with Gasteiger partial charge in [-0.1, -0.05) is 13.0 Å². The van der Waals surface area contributed by atoms with Gasteiger partial charge in [0.1, 0.15) is 5.82 Å². The molecule has 1 aliphatic heterocycles. The summed E-state index contributed by atoms with van der Waals surface area (Å²) in [6, 6.07) is 9.28. The van der Waals surface area contributed by atoms with Gasteiger partial charge in [0, 0.05) is 23.6 Å². The summed E-state index contributed by atoms with van der Waals surface area (Å²) in [5.74, 6) is 1.03. The van der Waals surface area contributed by atoms with E-state index in [9.17, 15) is 0 Å². The van der Waals surface area contributed by atoms with E-state index < -0.39 is 0 Å². The Bertz CT molecular complexity index is 578. The Kier molecular flexibility index (Phi) is 4.11. The number of rotatable bonds is 4. The Morgan fingerprint density at radius 1 is 1.14 bits per heavy atom. The zero-order valence-corrected chi connectivity index (χ0v) is 13.3. The van der Waals surface area contributed by atoms with Crippen LogP contribution in [0.2, 0.25) is 0 Å². The third kappa shape index (κ3) is 2.75. The molecule has 0 radical (unpaired) electrons. The van der Waals surface area contributed by atoms with Crippen molar-refractivity contribution in [3.05, 3.63) is 47.4 Å². The van der Waals surface area contributed by atoms with Gasteiger partial charge >= 0.3 is 0 Å². The van der Waals surface area contributed by atoms with Gasteiger partial charge in [-0.15, -0.1) is 0 Å². The molecule has 0 aromatic carbocycles. The molecule has 3 nitrogen and oxygen atoms in total. The topological polar surface area (TPSA) is 21.1 Å². The first-order chi connectivity index (χ1) is 10.2. The monoisotopic (exact) mass is 283 g/mol. The lowest BCUT2D eigenvalue weighted by atomic mass is 10.1. The molecule has 2 aromatic rings. The van der Waals surface area contributed by atoms with Crippen LogP contribution in [-0.2, 0) is 0 Å². The Morgan fingerprint density at radius 2 is 1.90 bits per heavy atom. The molecule has 1 atom stereocenters. The highest BCUT2D eigenvalue weighted by Gasteiger charge is 2.25. The fourth-order valence-electron chi connectivity index (χ4n) is 3.52. The first kappa shape index (κ1) is 14.3. The van der Waals surface area contributed by atoms with Crippen molar-refractivity contribution in [1.29, 1.82) is 0 Å². The Hall–Kier alpha value is -1.61. The summed E-state index contributed by atoms with van der Waals surface area (Å²) in [6.45, 7) is 8.94. The second kappa shape index (κ2) is 6.02. The molecule has 0 unspecified atom stereocenters. The number of nitrogens with zero attached hydrogens (tertiary/aromatic N) is 3. The molecule has 21 heavy (non-hydrogen) atoms. The van der Waals surface area contributed by atoms with Crippen LogP contribution < -0.4 is 0 Å². The second-order valence-electron chi connectivity index (χ2n) is 6.10. The molecule has 0 N–H and O–H groups in total. The minimum atomic E-state index is 0.568. The van der Waals surface area contributed by atoms with E-state index in [4.69, 9.17) is 4.98 Å². The van der Waals surface area contributed by atoms with Gasteiger partial charge in [-0.25, -0.2) is 4.98 Å². The van der Waals surface area contributed by atoms with Gasteiger partial charge < -0.3 is 4.57 Å². The van der Waals surface area contributed by atoms with Crippen molar-refractivity contribution in [3.63, 3.8) is 0 Å². The standard InChI is InChI=1S/C18H25N3/c1-4-11-20-12-5-6-17(20)16-9-10-18(19-13-16)21-14(2)7-8-15(21)3/h7-10,13,17H,4-6,11-12H2,1-3H3/t17-/m0/s1. The van der Waals surface area contributed by atoms with Gasteiger partial charge in [0.15, 0.2) is 0 Å². The zero-order chi connectivity index (χ0) is 14.8. The molecule has 1 fully saturated rings. The molecule has 0 spiro atoms. The molecule has 3 rings (SSSR count). The number of pyridine rings is 1. The highest BCUT2D eigenvalue weighted by Crippen LogP contribution is 2.31. The summed E-state index contributed by atoms with van der Waals surface area (Å²) >= 11 is 0. The Balaban J connectivity index is 1.84. The van der Waals surface area contributed by atoms with Crippen molar-refractivity contribution < 1.29 is 0 Å². The van der Waals surface area contributed by atoms with E-state index in [0.717, 1.165) is 5.82 Å². The van der Waals surface area contributed by atoms with Gasteiger partial charge in [-0.05, 0) is 70.0 Å². The van der Waals surface area contributed by atoms with Crippen LogP contribution in [0, 0.1) is 13.8 Å². The van der Waals surface area contributed by atoms with Crippen molar-refractivity contribution in [2.75, 3.05) is 13.1 Å². The van der Waals surface area contributed by atoms with E-state index in [-0.39, 0.29) is 0 Å². The van der Waals surface area contributed by atoms with E-state index in [1.54, 1.807) is 0 Å². The maximum Gasteiger partial charge on any atom is 0.136 e. The van der Waals surface area contributed by atoms with Crippen LogP contribution in [0.5, 0.6) is 0 Å².